The molecule has 1 fully saturated rings. The van der Waals surface area contributed by atoms with Gasteiger partial charge in [-0.15, -0.1) is 0 Å². The first-order valence-electron chi connectivity index (χ1n) is 8.27. The van der Waals surface area contributed by atoms with Crippen LogP contribution in [-0.2, 0) is 16.0 Å². The summed E-state index contributed by atoms with van der Waals surface area (Å²) >= 11 is 0. The molecule has 1 aromatic carbocycles. The highest BCUT2D eigenvalue weighted by atomic mass is 16.5. The smallest absolute Gasteiger partial charge is 0.224 e. The monoisotopic (exact) mass is 313 g/mol. The SMILES string of the molecule is O=C(CCCc1ccccc1)Nc1cnn(C2CCOCC2)c1. The van der Waals surface area contributed by atoms with E-state index in [4.69, 9.17) is 4.74 Å². The van der Waals surface area contributed by atoms with Gasteiger partial charge in [-0.05, 0) is 31.2 Å². The number of aryl methyl sites for hydroxylation is 1. The molecule has 0 atom stereocenters. The molecule has 5 nitrogen and oxygen atoms in total. The highest BCUT2D eigenvalue weighted by Crippen LogP contribution is 2.21. The molecule has 0 aliphatic carbocycles. The minimum absolute atomic E-state index is 0.0486. The summed E-state index contributed by atoms with van der Waals surface area (Å²) in [6.07, 6.45) is 7.91. The van der Waals surface area contributed by atoms with Gasteiger partial charge in [0.2, 0.25) is 5.91 Å². The first-order valence-corrected chi connectivity index (χ1v) is 8.27. The van der Waals surface area contributed by atoms with E-state index in [1.807, 2.05) is 29.1 Å². The summed E-state index contributed by atoms with van der Waals surface area (Å²) in [4.78, 5) is 12.0. The van der Waals surface area contributed by atoms with Crippen LogP contribution in [0.1, 0.15) is 37.3 Å². The van der Waals surface area contributed by atoms with Crippen molar-refractivity contribution in [3.05, 3.63) is 48.3 Å². The van der Waals surface area contributed by atoms with Crippen molar-refractivity contribution >= 4 is 11.6 Å². The van der Waals surface area contributed by atoms with E-state index in [1.165, 1.54) is 5.56 Å². The van der Waals surface area contributed by atoms with Gasteiger partial charge < -0.3 is 10.1 Å². The van der Waals surface area contributed by atoms with Crippen molar-refractivity contribution in [2.24, 2.45) is 0 Å². The molecule has 2 heterocycles. The van der Waals surface area contributed by atoms with Gasteiger partial charge in [-0.1, -0.05) is 30.3 Å². The average molecular weight is 313 g/mol. The summed E-state index contributed by atoms with van der Waals surface area (Å²) < 4.78 is 7.31. The molecule has 23 heavy (non-hydrogen) atoms. The fourth-order valence-electron chi connectivity index (χ4n) is 2.87. The van der Waals surface area contributed by atoms with Gasteiger partial charge in [0.15, 0.2) is 0 Å². The van der Waals surface area contributed by atoms with Crippen molar-refractivity contribution in [1.29, 1.82) is 0 Å². The molecule has 1 amide bonds. The van der Waals surface area contributed by atoms with E-state index in [9.17, 15) is 4.79 Å². The lowest BCUT2D eigenvalue weighted by Gasteiger charge is -2.22. The normalized spacial score (nSPS) is 15.5. The maximum Gasteiger partial charge on any atom is 0.224 e. The molecule has 0 saturated carbocycles. The van der Waals surface area contributed by atoms with Crippen LogP contribution in [0.4, 0.5) is 5.69 Å². The zero-order valence-electron chi connectivity index (χ0n) is 13.3. The second-order valence-corrected chi connectivity index (χ2v) is 5.94. The lowest BCUT2D eigenvalue weighted by Crippen LogP contribution is -2.19. The quantitative estimate of drug-likeness (QED) is 0.891. The maximum absolute atomic E-state index is 12.0. The number of anilines is 1. The number of amides is 1. The number of nitrogens with zero attached hydrogens (tertiary/aromatic N) is 2. The number of carbonyl (C=O) groups excluding carboxylic acids is 1. The van der Waals surface area contributed by atoms with Crippen LogP contribution in [0.3, 0.4) is 0 Å². The zero-order chi connectivity index (χ0) is 15.9. The average Bonchev–Trinajstić information content (AvgIpc) is 3.05. The van der Waals surface area contributed by atoms with Crippen molar-refractivity contribution in [1.82, 2.24) is 9.78 Å². The van der Waals surface area contributed by atoms with E-state index < -0.39 is 0 Å². The minimum Gasteiger partial charge on any atom is -0.381 e. The maximum atomic E-state index is 12.0. The third-order valence-electron chi connectivity index (χ3n) is 4.16. The molecule has 0 unspecified atom stereocenters. The number of ether oxygens (including phenoxy) is 1. The van der Waals surface area contributed by atoms with Crippen LogP contribution in [0.15, 0.2) is 42.7 Å². The number of rotatable bonds is 6. The Morgan fingerprint density at radius 2 is 2.04 bits per heavy atom. The highest BCUT2D eigenvalue weighted by molar-refractivity contribution is 5.90. The summed E-state index contributed by atoms with van der Waals surface area (Å²) in [5, 5.41) is 7.30. The van der Waals surface area contributed by atoms with E-state index in [0.717, 1.165) is 44.6 Å². The molecule has 5 heteroatoms. The fourth-order valence-corrected chi connectivity index (χ4v) is 2.87. The molecule has 1 aromatic heterocycles. The van der Waals surface area contributed by atoms with Gasteiger partial charge in [0.1, 0.15) is 0 Å². The van der Waals surface area contributed by atoms with Crippen LogP contribution in [0.5, 0.6) is 0 Å². The van der Waals surface area contributed by atoms with E-state index in [1.54, 1.807) is 6.20 Å². The third kappa shape index (κ3) is 4.66. The molecular weight excluding hydrogens is 290 g/mol. The van der Waals surface area contributed by atoms with Crippen molar-refractivity contribution in [2.45, 2.75) is 38.1 Å². The lowest BCUT2D eigenvalue weighted by molar-refractivity contribution is -0.116. The van der Waals surface area contributed by atoms with Crippen LogP contribution in [-0.4, -0.2) is 28.9 Å². The van der Waals surface area contributed by atoms with Gasteiger partial charge in [0.05, 0.1) is 17.9 Å². The fraction of sp³-hybridized carbons (Fsp3) is 0.444. The van der Waals surface area contributed by atoms with Gasteiger partial charge >= 0.3 is 0 Å². The van der Waals surface area contributed by atoms with E-state index in [0.29, 0.717) is 12.5 Å². The van der Waals surface area contributed by atoms with Crippen LogP contribution < -0.4 is 5.32 Å². The number of benzene rings is 1. The zero-order valence-corrected chi connectivity index (χ0v) is 13.3. The summed E-state index contributed by atoms with van der Waals surface area (Å²) in [5.74, 6) is 0.0486. The van der Waals surface area contributed by atoms with Crippen LogP contribution >= 0.6 is 0 Å². The standard InChI is InChI=1S/C18H23N3O2/c22-18(8-4-7-15-5-2-1-3-6-15)20-16-13-19-21(14-16)17-9-11-23-12-10-17/h1-3,5-6,13-14,17H,4,7-12H2,(H,20,22). The van der Waals surface area contributed by atoms with Gasteiger partial charge in [-0.25, -0.2) is 0 Å². The Hall–Kier alpha value is -2.14. The predicted octanol–water partition coefficient (Wildman–Crippen LogP) is 3.20. The van der Waals surface area contributed by atoms with Crippen LogP contribution in [0, 0.1) is 0 Å². The molecule has 1 aliphatic heterocycles. The van der Waals surface area contributed by atoms with E-state index in [2.05, 4.69) is 22.5 Å². The first-order chi connectivity index (χ1) is 11.3. The molecule has 0 radical (unpaired) electrons. The largest absolute Gasteiger partial charge is 0.381 e. The molecule has 0 bridgehead atoms. The Morgan fingerprint density at radius 1 is 1.26 bits per heavy atom. The van der Waals surface area contributed by atoms with Crippen molar-refractivity contribution in [2.75, 3.05) is 18.5 Å². The Morgan fingerprint density at radius 3 is 2.83 bits per heavy atom. The molecule has 122 valence electrons. The molecular formula is C18H23N3O2. The molecule has 1 N–H and O–H groups in total. The van der Waals surface area contributed by atoms with Crippen LogP contribution in [0.25, 0.3) is 0 Å². The number of hydrogen-bond acceptors (Lipinski definition) is 3. The molecule has 1 aliphatic rings. The molecule has 2 aromatic rings. The third-order valence-corrected chi connectivity index (χ3v) is 4.16. The number of hydrogen-bond donors (Lipinski definition) is 1. The Kier molecular flexibility index (Phi) is 5.42. The van der Waals surface area contributed by atoms with Gasteiger partial charge in [-0.3, -0.25) is 9.48 Å². The Bertz CT molecular complexity index is 618. The molecule has 3 rings (SSSR count). The minimum atomic E-state index is 0.0486. The predicted molar refractivity (Wildman–Crippen MR) is 89.3 cm³/mol. The highest BCUT2D eigenvalue weighted by Gasteiger charge is 2.16. The number of aromatic nitrogens is 2. The van der Waals surface area contributed by atoms with Gasteiger partial charge in [0, 0.05) is 25.8 Å². The Balaban J connectivity index is 1.43. The summed E-state index contributed by atoms with van der Waals surface area (Å²) in [5.41, 5.74) is 2.05. The summed E-state index contributed by atoms with van der Waals surface area (Å²) in [6, 6.07) is 10.6. The second-order valence-electron chi connectivity index (χ2n) is 5.94. The molecule has 0 spiro atoms. The van der Waals surface area contributed by atoms with Crippen LogP contribution in [0.2, 0.25) is 0 Å². The van der Waals surface area contributed by atoms with E-state index >= 15 is 0 Å². The number of carbonyl (C=O) groups is 1. The molecule has 1 saturated heterocycles. The Labute approximate surface area is 136 Å². The summed E-state index contributed by atoms with van der Waals surface area (Å²) in [7, 11) is 0. The van der Waals surface area contributed by atoms with Crippen molar-refractivity contribution < 1.29 is 9.53 Å². The lowest BCUT2D eigenvalue weighted by atomic mass is 10.1. The topological polar surface area (TPSA) is 56.2 Å². The van der Waals surface area contributed by atoms with Gasteiger partial charge in [0.25, 0.3) is 0 Å². The van der Waals surface area contributed by atoms with Crippen molar-refractivity contribution in [3.8, 4) is 0 Å². The second kappa shape index (κ2) is 7.92. The van der Waals surface area contributed by atoms with E-state index in [-0.39, 0.29) is 5.91 Å². The van der Waals surface area contributed by atoms with Crippen molar-refractivity contribution in [3.63, 3.8) is 0 Å². The van der Waals surface area contributed by atoms with Gasteiger partial charge in [-0.2, -0.15) is 5.10 Å². The number of nitrogens with one attached hydrogen (secondary N) is 1. The first kappa shape index (κ1) is 15.7. The summed E-state index contributed by atoms with van der Waals surface area (Å²) in [6.45, 7) is 1.57.